The number of aromatic nitrogens is 1. The number of rotatable bonds is 5. The van der Waals surface area contributed by atoms with Gasteiger partial charge < -0.3 is 11.1 Å². The van der Waals surface area contributed by atoms with Gasteiger partial charge in [0.05, 0.1) is 0 Å². The van der Waals surface area contributed by atoms with Gasteiger partial charge in [0.1, 0.15) is 5.15 Å². The maximum atomic E-state index is 5.73. The fourth-order valence-electron chi connectivity index (χ4n) is 1.01. The summed E-state index contributed by atoms with van der Waals surface area (Å²) in [5.74, 6) is 0. The van der Waals surface area contributed by atoms with Gasteiger partial charge in [0, 0.05) is 12.7 Å². The van der Waals surface area contributed by atoms with Gasteiger partial charge in [-0.05, 0) is 37.2 Å². The lowest BCUT2D eigenvalue weighted by Crippen LogP contribution is -2.17. The Morgan fingerprint density at radius 1 is 1.54 bits per heavy atom. The number of nitrogens with zero attached hydrogens (tertiary/aromatic N) is 1. The van der Waals surface area contributed by atoms with Crippen molar-refractivity contribution in [2.45, 2.75) is 13.0 Å². The van der Waals surface area contributed by atoms with Gasteiger partial charge in [-0.3, -0.25) is 0 Å². The molecule has 1 heterocycles. The minimum atomic E-state index is 0.540. The highest BCUT2D eigenvalue weighted by Gasteiger charge is 1.93. The van der Waals surface area contributed by atoms with Crippen molar-refractivity contribution in [2.75, 3.05) is 13.1 Å². The van der Waals surface area contributed by atoms with E-state index in [1.165, 1.54) is 0 Å². The highest BCUT2D eigenvalue weighted by atomic mass is 35.5. The van der Waals surface area contributed by atoms with E-state index in [9.17, 15) is 0 Å². The zero-order valence-electron chi connectivity index (χ0n) is 7.46. The first kappa shape index (κ1) is 10.4. The molecule has 3 nitrogen and oxygen atoms in total. The van der Waals surface area contributed by atoms with Gasteiger partial charge >= 0.3 is 0 Å². The number of pyridine rings is 1. The molecule has 1 aromatic rings. The molecule has 0 aliphatic carbocycles. The second-order valence-corrected chi connectivity index (χ2v) is 3.19. The van der Waals surface area contributed by atoms with Crippen LogP contribution in [0.4, 0.5) is 0 Å². The second kappa shape index (κ2) is 5.91. The summed E-state index contributed by atoms with van der Waals surface area (Å²) in [7, 11) is 0. The van der Waals surface area contributed by atoms with Crippen molar-refractivity contribution < 1.29 is 0 Å². The third-order valence-corrected chi connectivity index (χ3v) is 1.88. The van der Waals surface area contributed by atoms with Crippen LogP contribution in [-0.4, -0.2) is 18.1 Å². The summed E-state index contributed by atoms with van der Waals surface area (Å²) in [4.78, 5) is 3.90. The predicted molar refractivity (Wildman–Crippen MR) is 54.6 cm³/mol. The number of hydrogen-bond acceptors (Lipinski definition) is 3. The van der Waals surface area contributed by atoms with Crippen molar-refractivity contribution in [1.29, 1.82) is 0 Å². The number of halogens is 1. The van der Waals surface area contributed by atoms with Gasteiger partial charge in [0.15, 0.2) is 0 Å². The molecule has 13 heavy (non-hydrogen) atoms. The van der Waals surface area contributed by atoms with Crippen LogP contribution < -0.4 is 11.1 Å². The average Bonchev–Trinajstić information content (AvgIpc) is 2.13. The third kappa shape index (κ3) is 4.22. The number of nitrogens with two attached hydrogens (primary N) is 1. The molecule has 0 spiro atoms. The van der Waals surface area contributed by atoms with E-state index in [1.807, 2.05) is 12.1 Å². The molecule has 4 heteroatoms. The lowest BCUT2D eigenvalue weighted by atomic mass is 10.2. The van der Waals surface area contributed by atoms with Crippen molar-refractivity contribution in [2.24, 2.45) is 5.73 Å². The van der Waals surface area contributed by atoms with E-state index in [1.54, 1.807) is 6.20 Å². The van der Waals surface area contributed by atoms with E-state index in [2.05, 4.69) is 10.3 Å². The normalized spacial score (nSPS) is 10.3. The second-order valence-electron chi connectivity index (χ2n) is 2.81. The molecule has 0 saturated heterocycles. The van der Waals surface area contributed by atoms with Crippen LogP contribution in [0.3, 0.4) is 0 Å². The highest BCUT2D eigenvalue weighted by molar-refractivity contribution is 6.29. The minimum absolute atomic E-state index is 0.540. The fourth-order valence-corrected chi connectivity index (χ4v) is 1.21. The molecule has 1 rings (SSSR count). The molecule has 0 unspecified atom stereocenters. The number of nitrogens with one attached hydrogen (secondary N) is 1. The van der Waals surface area contributed by atoms with Crippen LogP contribution in [-0.2, 0) is 6.54 Å². The first-order valence-corrected chi connectivity index (χ1v) is 4.72. The van der Waals surface area contributed by atoms with Crippen LogP contribution >= 0.6 is 11.6 Å². The minimum Gasteiger partial charge on any atom is -0.330 e. The summed E-state index contributed by atoms with van der Waals surface area (Å²) in [5.41, 5.74) is 6.51. The molecular weight excluding hydrogens is 186 g/mol. The average molecular weight is 200 g/mol. The Hall–Kier alpha value is -0.640. The highest BCUT2D eigenvalue weighted by Crippen LogP contribution is 2.06. The molecule has 72 valence electrons. The Morgan fingerprint density at radius 2 is 2.38 bits per heavy atom. The summed E-state index contributed by atoms with van der Waals surface area (Å²) in [6.45, 7) is 2.49. The van der Waals surface area contributed by atoms with Crippen molar-refractivity contribution in [3.63, 3.8) is 0 Å². The van der Waals surface area contributed by atoms with E-state index < -0.39 is 0 Å². The van der Waals surface area contributed by atoms with Crippen LogP contribution in [0.1, 0.15) is 12.0 Å². The van der Waals surface area contributed by atoms with Gasteiger partial charge in [-0.2, -0.15) is 0 Å². The summed E-state index contributed by atoms with van der Waals surface area (Å²) in [5, 5.41) is 3.80. The molecule has 1 aromatic heterocycles. The van der Waals surface area contributed by atoms with E-state index in [0.29, 0.717) is 5.15 Å². The Bertz CT molecular complexity index is 252. The fraction of sp³-hybridized carbons (Fsp3) is 0.444. The van der Waals surface area contributed by atoms with Gasteiger partial charge in [-0.25, -0.2) is 4.98 Å². The molecule has 0 bridgehead atoms. The van der Waals surface area contributed by atoms with Crippen LogP contribution in [0.2, 0.25) is 5.15 Å². The van der Waals surface area contributed by atoms with Crippen molar-refractivity contribution in [1.82, 2.24) is 10.3 Å². The van der Waals surface area contributed by atoms with Crippen LogP contribution in [0.5, 0.6) is 0 Å². The summed E-state index contributed by atoms with van der Waals surface area (Å²) >= 11 is 5.73. The molecule has 3 N–H and O–H groups in total. The van der Waals surface area contributed by atoms with E-state index >= 15 is 0 Å². The topological polar surface area (TPSA) is 50.9 Å². The molecule has 0 radical (unpaired) electrons. The first-order valence-electron chi connectivity index (χ1n) is 4.34. The smallest absolute Gasteiger partial charge is 0.129 e. The third-order valence-electron chi connectivity index (χ3n) is 1.68. The summed E-state index contributed by atoms with van der Waals surface area (Å²) in [6.07, 6.45) is 2.71. The molecule has 0 fully saturated rings. The largest absolute Gasteiger partial charge is 0.330 e. The van der Waals surface area contributed by atoms with Gasteiger partial charge in [0.2, 0.25) is 0 Å². The Labute approximate surface area is 83.3 Å². The molecule has 0 atom stereocenters. The van der Waals surface area contributed by atoms with Crippen molar-refractivity contribution in [3.05, 3.63) is 29.0 Å². The quantitative estimate of drug-likeness (QED) is 0.553. The van der Waals surface area contributed by atoms with E-state index in [0.717, 1.165) is 31.6 Å². The van der Waals surface area contributed by atoms with Gasteiger partial charge in [-0.15, -0.1) is 0 Å². The Balaban J connectivity index is 2.28. The summed E-state index contributed by atoms with van der Waals surface area (Å²) < 4.78 is 0. The van der Waals surface area contributed by atoms with Crippen molar-refractivity contribution in [3.8, 4) is 0 Å². The molecule has 0 amide bonds. The Morgan fingerprint density at radius 3 is 3.08 bits per heavy atom. The monoisotopic (exact) mass is 199 g/mol. The molecule has 0 aliphatic heterocycles. The molecule has 0 aromatic carbocycles. The maximum absolute atomic E-state index is 5.73. The Kier molecular flexibility index (Phi) is 4.75. The lowest BCUT2D eigenvalue weighted by Gasteiger charge is -2.03. The number of hydrogen-bond donors (Lipinski definition) is 2. The zero-order valence-corrected chi connectivity index (χ0v) is 8.22. The van der Waals surface area contributed by atoms with E-state index in [4.69, 9.17) is 17.3 Å². The standard InChI is InChI=1S/C9H14ClN3/c10-9-6-8(2-5-13-9)7-12-4-1-3-11/h2,5-6,12H,1,3-4,7,11H2. The van der Waals surface area contributed by atoms with Gasteiger partial charge in [0.25, 0.3) is 0 Å². The molecule has 0 aliphatic rings. The van der Waals surface area contributed by atoms with Gasteiger partial charge in [-0.1, -0.05) is 11.6 Å². The maximum Gasteiger partial charge on any atom is 0.129 e. The van der Waals surface area contributed by atoms with Crippen LogP contribution in [0, 0.1) is 0 Å². The lowest BCUT2D eigenvalue weighted by molar-refractivity contribution is 0.655. The summed E-state index contributed by atoms with van der Waals surface area (Å²) in [6, 6.07) is 3.80. The predicted octanol–water partition coefficient (Wildman–Crippen LogP) is 1.17. The molecular formula is C9H14ClN3. The van der Waals surface area contributed by atoms with E-state index in [-0.39, 0.29) is 0 Å². The first-order chi connectivity index (χ1) is 6.33. The SMILES string of the molecule is NCCCNCc1ccnc(Cl)c1. The molecule has 0 saturated carbocycles. The zero-order chi connectivity index (χ0) is 9.52. The van der Waals surface area contributed by atoms with Crippen molar-refractivity contribution >= 4 is 11.6 Å². The van der Waals surface area contributed by atoms with Crippen LogP contribution in [0.25, 0.3) is 0 Å². The van der Waals surface area contributed by atoms with Crippen LogP contribution in [0.15, 0.2) is 18.3 Å².